The van der Waals surface area contributed by atoms with E-state index in [2.05, 4.69) is 0 Å². The molecular weight excluding hydrogens is 138 g/mol. The highest BCUT2D eigenvalue weighted by Gasteiger charge is 2.09. The Balaban J connectivity index is 3.27. The van der Waals surface area contributed by atoms with E-state index in [9.17, 15) is 4.79 Å². The van der Waals surface area contributed by atoms with Crippen molar-refractivity contribution in [1.82, 2.24) is 0 Å². The van der Waals surface area contributed by atoms with Gasteiger partial charge in [-0.15, -0.1) is 0 Å². The lowest BCUT2D eigenvalue weighted by Gasteiger charge is -2.01. The lowest BCUT2D eigenvalue weighted by atomic mass is 10.2. The summed E-state index contributed by atoms with van der Waals surface area (Å²) in [7, 11) is 0. The van der Waals surface area contributed by atoms with Crippen LogP contribution in [0.4, 0.5) is 0 Å². The van der Waals surface area contributed by atoms with Gasteiger partial charge in [0.15, 0.2) is 0 Å². The van der Waals surface area contributed by atoms with Gasteiger partial charge >= 0.3 is 5.97 Å². The highest BCUT2D eigenvalue weighted by atomic mass is 32.2. The van der Waals surface area contributed by atoms with Gasteiger partial charge in [-0.05, 0) is 12.7 Å². The third-order valence-corrected chi connectivity index (χ3v) is 1.36. The predicted octanol–water partition coefficient (Wildman–Crippen LogP) is 0.313. The van der Waals surface area contributed by atoms with E-state index >= 15 is 0 Å². The summed E-state index contributed by atoms with van der Waals surface area (Å²) < 4.78 is 0. The number of carboxylic acid groups (broad SMARTS) is 1. The Morgan fingerprint density at radius 2 is 2.56 bits per heavy atom. The van der Waals surface area contributed by atoms with E-state index in [4.69, 9.17) is 10.8 Å². The van der Waals surface area contributed by atoms with Crippen LogP contribution in [-0.4, -0.2) is 23.4 Å². The summed E-state index contributed by atoms with van der Waals surface area (Å²) in [6.07, 6.45) is 2.30. The van der Waals surface area contributed by atoms with Crippen molar-refractivity contribution in [2.24, 2.45) is 5.73 Å². The molecule has 3 nitrogen and oxygen atoms in total. The molecule has 1 unspecified atom stereocenters. The molecule has 0 saturated carbocycles. The lowest BCUT2D eigenvalue weighted by Crippen LogP contribution is -2.29. The molecule has 0 aromatic rings. The van der Waals surface area contributed by atoms with Gasteiger partial charge < -0.3 is 10.8 Å². The second kappa shape index (κ2) is 4.64. The zero-order valence-corrected chi connectivity index (χ0v) is 6.02. The molecule has 4 heteroatoms. The van der Waals surface area contributed by atoms with Crippen LogP contribution >= 0.6 is 11.8 Å². The summed E-state index contributed by atoms with van der Waals surface area (Å²) in [5, 5.41) is 8.25. The quantitative estimate of drug-likeness (QED) is 0.602. The molecule has 3 N–H and O–H groups in total. The maximum Gasteiger partial charge on any atom is 0.320 e. The molecule has 0 bridgehead atoms. The first-order chi connectivity index (χ1) is 4.18. The molecule has 53 valence electrons. The van der Waals surface area contributed by atoms with Gasteiger partial charge in [0.25, 0.3) is 0 Å². The van der Waals surface area contributed by atoms with Crippen molar-refractivity contribution in [1.29, 1.82) is 0 Å². The van der Waals surface area contributed by atoms with Crippen molar-refractivity contribution in [3.05, 3.63) is 5.75 Å². The average molecular weight is 148 g/mol. The largest absolute Gasteiger partial charge is 0.480 e. The Bertz CT molecular complexity index is 97.0. The molecule has 0 aromatic carbocycles. The summed E-state index contributed by atoms with van der Waals surface area (Å²) in [6, 6.07) is -0.738. The van der Waals surface area contributed by atoms with Gasteiger partial charge in [0, 0.05) is 5.75 Å². The van der Waals surface area contributed by atoms with Crippen molar-refractivity contribution in [2.75, 3.05) is 6.26 Å². The number of carboxylic acids is 1. The minimum Gasteiger partial charge on any atom is -0.480 e. The van der Waals surface area contributed by atoms with Crippen LogP contribution in [0.15, 0.2) is 0 Å². The van der Waals surface area contributed by atoms with Crippen LogP contribution in [0, 0.1) is 5.75 Å². The zero-order valence-electron chi connectivity index (χ0n) is 5.20. The molecule has 9 heavy (non-hydrogen) atoms. The number of thioether (sulfide) groups is 1. The standard InChI is InChI=1S/C5H10NO2S/c1-9-3-2-4(6)5(7)8/h3-4H,2,6H2,1H3,(H,7,8). The lowest BCUT2D eigenvalue weighted by molar-refractivity contribution is -0.138. The zero-order chi connectivity index (χ0) is 7.28. The molecule has 0 aliphatic carbocycles. The van der Waals surface area contributed by atoms with E-state index in [1.165, 1.54) is 11.8 Å². The van der Waals surface area contributed by atoms with E-state index in [0.717, 1.165) is 0 Å². The molecule has 1 atom stereocenters. The minimum atomic E-state index is -0.944. The molecule has 0 aliphatic heterocycles. The van der Waals surface area contributed by atoms with Crippen LogP contribution in [0.5, 0.6) is 0 Å². The molecule has 0 aliphatic rings. The topological polar surface area (TPSA) is 63.3 Å². The van der Waals surface area contributed by atoms with Gasteiger partial charge in [-0.2, -0.15) is 11.8 Å². The highest BCUT2D eigenvalue weighted by Crippen LogP contribution is 2.04. The molecular formula is C5H10NO2S. The van der Waals surface area contributed by atoms with Gasteiger partial charge in [0.05, 0.1) is 0 Å². The van der Waals surface area contributed by atoms with Crippen LogP contribution in [0.2, 0.25) is 0 Å². The number of nitrogens with two attached hydrogens (primary N) is 1. The van der Waals surface area contributed by atoms with Crippen LogP contribution in [0.3, 0.4) is 0 Å². The fourth-order valence-corrected chi connectivity index (χ4v) is 0.700. The smallest absolute Gasteiger partial charge is 0.320 e. The van der Waals surface area contributed by atoms with Crippen LogP contribution in [0.1, 0.15) is 6.42 Å². The molecule has 0 amide bonds. The van der Waals surface area contributed by atoms with Crippen LogP contribution in [0.25, 0.3) is 0 Å². The first-order valence-corrected chi connectivity index (χ1v) is 3.80. The van der Waals surface area contributed by atoms with Gasteiger partial charge in [-0.1, -0.05) is 0 Å². The second-order valence-corrected chi connectivity index (χ2v) is 2.39. The van der Waals surface area contributed by atoms with Crippen molar-refractivity contribution in [3.8, 4) is 0 Å². The van der Waals surface area contributed by atoms with E-state index in [1.807, 2.05) is 6.26 Å². The summed E-state index contributed by atoms with van der Waals surface area (Å²) in [5.41, 5.74) is 5.16. The van der Waals surface area contributed by atoms with E-state index in [0.29, 0.717) is 6.42 Å². The molecule has 0 saturated heterocycles. The maximum atomic E-state index is 10.1. The summed E-state index contributed by atoms with van der Waals surface area (Å²) in [6.45, 7) is 0. The van der Waals surface area contributed by atoms with Gasteiger partial charge in [0.1, 0.15) is 6.04 Å². The Labute approximate surface area is 58.6 Å². The Morgan fingerprint density at radius 3 is 2.89 bits per heavy atom. The minimum absolute atomic E-state index is 0.427. The first kappa shape index (κ1) is 8.78. The fourth-order valence-electron chi connectivity index (χ4n) is 0.301. The van der Waals surface area contributed by atoms with Crippen molar-refractivity contribution in [2.45, 2.75) is 12.5 Å². The fraction of sp³-hybridized carbons (Fsp3) is 0.600. The Kier molecular flexibility index (Phi) is 4.53. The van der Waals surface area contributed by atoms with Crippen molar-refractivity contribution >= 4 is 17.7 Å². The molecule has 0 fully saturated rings. The summed E-state index contributed by atoms with van der Waals surface area (Å²) >= 11 is 1.48. The maximum absolute atomic E-state index is 10.1. The Hall–Kier alpha value is -0.220. The predicted molar refractivity (Wildman–Crippen MR) is 38.0 cm³/mol. The third kappa shape index (κ3) is 4.29. The number of carbonyl (C=O) groups is 1. The molecule has 0 rings (SSSR count). The van der Waals surface area contributed by atoms with Crippen LogP contribution < -0.4 is 5.73 Å². The third-order valence-electron chi connectivity index (χ3n) is 0.834. The summed E-state index contributed by atoms with van der Waals surface area (Å²) in [5.74, 6) is 0.832. The average Bonchev–Trinajstić information content (AvgIpc) is 1.82. The second-order valence-electron chi connectivity index (χ2n) is 1.58. The highest BCUT2D eigenvalue weighted by molar-refractivity contribution is 8.00. The Morgan fingerprint density at radius 1 is 2.00 bits per heavy atom. The van der Waals surface area contributed by atoms with Crippen molar-refractivity contribution in [3.63, 3.8) is 0 Å². The van der Waals surface area contributed by atoms with Crippen molar-refractivity contribution < 1.29 is 9.90 Å². The number of rotatable bonds is 4. The van der Waals surface area contributed by atoms with E-state index in [-0.39, 0.29) is 0 Å². The monoisotopic (exact) mass is 148 g/mol. The molecule has 0 heterocycles. The first-order valence-electron chi connectivity index (χ1n) is 2.51. The molecule has 0 spiro atoms. The van der Waals surface area contributed by atoms with E-state index in [1.54, 1.807) is 5.75 Å². The molecule has 1 radical (unpaired) electrons. The number of aliphatic carboxylic acids is 1. The number of hydrogen-bond acceptors (Lipinski definition) is 3. The van der Waals surface area contributed by atoms with Crippen LogP contribution in [-0.2, 0) is 4.79 Å². The van der Waals surface area contributed by atoms with Gasteiger partial charge in [-0.3, -0.25) is 4.79 Å². The molecule has 0 aromatic heterocycles. The summed E-state index contributed by atoms with van der Waals surface area (Å²) in [4.78, 5) is 10.1. The van der Waals surface area contributed by atoms with E-state index < -0.39 is 12.0 Å². The normalized spacial score (nSPS) is 13.1. The SMILES string of the molecule is CS[CH]CC(N)C(=O)O. The van der Waals surface area contributed by atoms with Gasteiger partial charge in [-0.25, -0.2) is 0 Å². The van der Waals surface area contributed by atoms with Gasteiger partial charge in [0.2, 0.25) is 0 Å². The number of hydrogen-bond donors (Lipinski definition) is 2.